The Labute approximate surface area is 379 Å². The Morgan fingerprint density at radius 3 is 1.19 bits per heavy atom. The maximum atomic E-state index is 14.0. The molecule has 0 fully saturated rings. The van der Waals surface area contributed by atoms with Crippen molar-refractivity contribution in [2.45, 2.75) is 183 Å². The number of nitrogens with one attached hydrogen (secondary N) is 9. The first-order valence-electron chi connectivity index (χ1n) is 22.5. The van der Waals surface area contributed by atoms with Crippen LogP contribution in [0.3, 0.4) is 0 Å². The minimum Gasteiger partial charge on any atom is -0.368 e. The van der Waals surface area contributed by atoms with Crippen molar-refractivity contribution in [1.82, 2.24) is 47.9 Å². The lowest BCUT2D eigenvalue weighted by Crippen LogP contribution is -2.64. The smallest absolute Gasteiger partial charge is 0.245 e. The second-order valence-electron chi connectivity index (χ2n) is 18.6. The van der Waals surface area contributed by atoms with Gasteiger partial charge in [-0.05, 0) is 88.9 Å². The highest BCUT2D eigenvalue weighted by Gasteiger charge is 2.38. The molecule has 20 heteroatoms. The lowest BCUT2D eigenvalue weighted by molar-refractivity contribution is -0.138. The second-order valence-corrected chi connectivity index (χ2v) is 18.6. The van der Waals surface area contributed by atoms with Crippen LogP contribution in [0.15, 0.2) is 0 Å². The molecule has 0 aliphatic carbocycles. The van der Waals surface area contributed by atoms with Crippen LogP contribution in [0.1, 0.15) is 141 Å². The zero-order chi connectivity index (χ0) is 49.5. The fraction of sp³-hybridized carbons (Fsp3) is 0.773. The minimum absolute atomic E-state index is 0.0205. The van der Waals surface area contributed by atoms with Crippen LogP contribution in [-0.4, -0.2) is 114 Å². The van der Waals surface area contributed by atoms with Crippen molar-refractivity contribution in [3.05, 3.63) is 0 Å². The molecule has 10 amide bonds. The van der Waals surface area contributed by atoms with Gasteiger partial charge in [0.05, 0.1) is 0 Å². The molecular formula is C44H80N10O10. The van der Waals surface area contributed by atoms with Crippen molar-refractivity contribution >= 4 is 59.1 Å². The summed E-state index contributed by atoms with van der Waals surface area (Å²) in [5.74, 6) is -6.54. The largest absolute Gasteiger partial charge is 0.368 e. The maximum Gasteiger partial charge on any atom is 0.245 e. The van der Waals surface area contributed by atoms with Gasteiger partial charge >= 0.3 is 0 Å². The normalized spacial score (nSPS) is 14.3. The van der Waals surface area contributed by atoms with E-state index >= 15 is 0 Å². The third-order valence-corrected chi connectivity index (χ3v) is 10.1. The molecule has 0 saturated heterocycles. The Hall–Kier alpha value is -5.30. The van der Waals surface area contributed by atoms with Gasteiger partial charge in [-0.1, -0.05) is 55.4 Å². The fourth-order valence-corrected chi connectivity index (χ4v) is 6.56. The van der Waals surface area contributed by atoms with E-state index in [1.54, 1.807) is 27.7 Å². The van der Waals surface area contributed by atoms with E-state index in [0.717, 1.165) is 0 Å². The van der Waals surface area contributed by atoms with E-state index in [1.165, 1.54) is 34.6 Å². The second kappa shape index (κ2) is 29.2. The summed E-state index contributed by atoms with van der Waals surface area (Å²) in [7, 11) is 0. The van der Waals surface area contributed by atoms with Crippen LogP contribution in [0.4, 0.5) is 0 Å². The number of rotatable bonds is 30. The summed E-state index contributed by atoms with van der Waals surface area (Å²) in [5.41, 5.74) is 3.92. The predicted octanol–water partition coefficient (Wildman–Crippen LogP) is 0.312. The molecule has 0 aromatic carbocycles. The Balaban J connectivity index is 6.33. The lowest BCUT2D eigenvalue weighted by Gasteiger charge is -2.32. The first kappa shape index (κ1) is 58.7. The van der Waals surface area contributed by atoms with Crippen molar-refractivity contribution < 1.29 is 47.9 Å². The van der Waals surface area contributed by atoms with Crippen molar-refractivity contribution in [2.75, 3.05) is 13.1 Å². The zero-order valence-corrected chi connectivity index (χ0v) is 40.5. The van der Waals surface area contributed by atoms with Crippen LogP contribution >= 0.6 is 0 Å². The van der Waals surface area contributed by atoms with E-state index in [0.29, 0.717) is 38.8 Å². The third kappa shape index (κ3) is 24.0. The molecule has 0 aliphatic rings. The molecule has 0 aromatic heterocycles. The summed E-state index contributed by atoms with van der Waals surface area (Å²) in [4.78, 5) is 129. The standard InChI is InChI=1S/C44H80N10O10/c1-24(2)22-33(37(45)58)51-38(59)31(18-14-16-20-46-28(9)55)50-42(63)36(27(7)8)53-43(64)44(12,13)54-40(61)34(23-25(3)4)52-39(60)32(19-15-17-21-47-29(10)56)49-41(62)35(26(5)6)48-30(11)57/h24-27,31-36H,14-23H2,1-13H3,(H2,45,58)(H,46,55)(H,47,56)(H,48,57)(H,49,62)(H,50,63)(H,51,59)(H,52,60)(H,53,64)(H,54,61)/t31-,32-,33?,34?,35-,36-/m0/s1. The lowest BCUT2D eigenvalue weighted by atomic mass is 9.97. The molecule has 0 bridgehead atoms. The van der Waals surface area contributed by atoms with Gasteiger partial charge in [-0.2, -0.15) is 0 Å². The van der Waals surface area contributed by atoms with Crippen LogP contribution in [0.2, 0.25) is 0 Å². The number of carbonyl (C=O) groups excluding carboxylic acids is 10. The number of nitrogens with two attached hydrogens (primary N) is 1. The van der Waals surface area contributed by atoms with Gasteiger partial charge in [0.2, 0.25) is 59.1 Å². The average Bonchev–Trinajstić information content (AvgIpc) is 3.15. The third-order valence-electron chi connectivity index (χ3n) is 10.1. The molecule has 20 nitrogen and oxygen atoms in total. The molecular weight excluding hydrogens is 829 g/mol. The molecule has 6 atom stereocenters. The maximum absolute atomic E-state index is 14.0. The van der Waals surface area contributed by atoms with Gasteiger partial charge < -0.3 is 53.6 Å². The van der Waals surface area contributed by atoms with Gasteiger partial charge in [0, 0.05) is 33.9 Å². The summed E-state index contributed by atoms with van der Waals surface area (Å²) in [6, 6.07) is -6.52. The first-order valence-corrected chi connectivity index (χ1v) is 22.5. The van der Waals surface area contributed by atoms with Crippen molar-refractivity contribution in [3.63, 3.8) is 0 Å². The van der Waals surface area contributed by atoms with Gasteiger partial charge in [-0.25, -0.2) is 0 Å². The Morgan fingerprint density at radius 1 is 0.453 bits per heavy atom. The number of hydrogen-bond acceptors (Lipinski definition) is 10. The molecule has 0 aromatic rings. The molecule has 0 heterocycles. The van der Waals surface area contributed by atoms with Gasteiger partial charge in [0.25, 0.3) is 0 Å². The van der Waals surface area contributed by atoms with Crippen LogP contribution < -0.4 is 53.6 Å². The molecule has 0 rings (SSSR count). The first-order chi connectivity index (χ1) is 29.6. The van der Waals surface area contributed by atoms with E-state index in [2.05, 4.69) is 47.9 Å². The molecule has 0 saturated carbocycles. The zero-order valence-electron chi connectivity index (χ0n) is 40.5. The number of amides is 10. The summed E-state index contributed by atoms with van der Waals surface area (Å²) in [5, 5.41) is 24.2. The number of hydrogen-bond donors (Lipinski definition) is 10. The highest BCUT2D eigenvalue weighted by atomic mass is 16.2. The number of unbranched alkanes of at least 4 members (excludes halogenated alkanes) is 2. The molecule has 11 N–H and O–H groups in total. The van der Waals surface area contributed by atoms with Crippen molar-refractivity contribution in [1.29, 1.82) is 0 Å². The monoisotopic (exact) mass is 909 g/mol. The molecule has 0 spiro atoms. The fourth-order valence-electron chi connectivity index (χ4n) is 6.56. The molecule has 0 radical (unpaired) electrons. The molecule has 0 aliphatic heterocycles. The summed E-state index contributed by atoms with van der Waals surface area (Å²) in [6.07, 6.45) is 2.53. The van der Waals surface area contributed by atoms with Gasteiger partial charge in [-0.3, -0.25) is 47.9 Å². The summed E-state index contributed by atoms with van der Waals surface area (Å²) in [6.45, 7) is 21.9. The highest BCUT2D eigenvalue weighted by Crippen LogP contribution is 2.14. The van der Waals surface area contributed by atoms with Crippen LogP contribution in [0, 0.1) is 23.7 Å². The summed E-state index contributed by atoms with van der Waals surface area (Å²) < 4.78 is 0. The Bertz CT molecular complexity index is 1600. The van der Waals surface area contributed by atoms with Crippen LogP contribution in [0.25, 0.3) is 0 Å². The predicted molar refractivity (Wildman–Crippen MR) is 242 cm³/mol. The van der Waals surface area contributed by atoms with Crippen LogP contribution in [0.5, 0.6) is 0 Å². The average molecular weight is 909 g/mol. The Kier molecular flexibility index (Phi) is 26.8. The van der Waals surface area contributed by atoms with E-state index in [9.17, 15) is 47.9 Å². The summed E-state index contributed by atoms with van der Waals surface area (Å²) >= 11 is 0. The van der Waals surface area contributed by atoms with E-state index in [4.69, 9.17) is 5.73 Å². The van der Waals surface area contributed by atoms with E-state index < -0.39 is 95.0 Å². The number of primary amides is 1. The van der Waals surface area contributed by atoms with Crippen molar-refractivity contribution in [3.8, 4) is 0 Å². The van der Waals surface area contributed by atoms with E-state index in [1.807, 2.05) is 27.7 Å². The highest BCUT2D eigenvalue weighted by molar-refractivity contribution is 5.98. The van der Waals surface area contributed by atoms with Crippen LogP contribution in [-0.2, 0) is 47.9 Å². The quantitative estimate of drug-likeness (QED) is 0.0440. The van der Waals surface area contributed by atoms with Gasteiger partial charge in [-0.15, -0.1) is 0 Å². The molecule has 366 valence electrons. The SMILES string of the molecule is CC(=O)NCCCC[C@H](NC(=O)[C@@H](NC(C)=O)C(C)C)C(=O)NC(CC(C)C)C(=O)NC(C)(C)C(=O)N[C@H](C(=O)N[C@@H](CCCCNC(C)=O)C(=O)NC(CC(C)C)C(N)=O)C(C)C. The number of carbonyl (C=O) groups is 10. The van der Waals surface area contributed by atoms with Gasteiger partial charge in [0.15, 0.2) is 0 Å². The van der Waals surface area contributed by atoms with Crippen molar-refractivity contribution in [2.24, 2.45) is 29.4 Å². The minimum atomic E-state index is -1.64. The topological polar surface area (TPSA) is 305 Å². The molecule has 64 heavy (non-hydrogen) atoms. The van der Waals surface area contributed by atoms with E-state index in [-0.39, 0.29) is 55.3 Å². The van der Waals surface area contributed by atoms with Gasteiger partial charge in [0.1, 0.15) is 41.8 Å². The Morgan fingerprint density at radius 2 is 0.828 bits per heavy atom. The molecule has 2 unspecified atom stereocenters.